The molecule has 3 rings (SSSR count). The second-order valence-electron chi connectivity index (χ2n) is 6.62. The van der Waals surface area contributed by atoms with Crippen molar-refractivity contribution in [2.24, 2.45) is 0 Å². The smallest absolute Gasteiger partial charge is 0.273 e. The zero-order valence-corrected chi connectivity index (χ0v) is 17.2. The lowest BCUT2D eigenvalue weighted by Gasteiger charge is -2.36. The van der Waals surface area contributed by atoms with Crippen LogP contribution in [0.2, 0.25) is 5.02 Å². The molecule has 2 aromatic rings. The molecule has 0 N–H and O–H groups in total. The SMILES string of the molecule is O=C(c1ccc(F)cc1)[C@@H](CCCl)N(C(=O)c1ccc(Cl)cc1)N1C(=O)CCC1=O. The number of carbonyl (C=O) groups excluding carboxylic acids is 4. The average molecular weight is 451 g/mol. The second-order valence-corrected chi connectivity index (χ2v) is 7.43. The fraction of sp³-hybridized carbons (Fsp3) is 0.238. The lowest BCUT2D eigenvalue weighted by molar-refractivity contribution is -0.154. The minimum atomic E-state index is -1.23. The van der Waals surface area contributed by atoms with E-state index in [1.165, 1.54) is 36.4 Å². The van der Waals surface area contributed by atoms with Gasteiger partial charge in [-0.05, 0) is 55.0 Å². The van der Waals surface area contributed by atoms with Crippen LogP contribution in [0.5, 0.6) is 0 Å². The fourth-order valence-electron chi connectivity index (χ4n) is 3.18. The maximum absolute atomic E-state index is 13.3. The van der Waals surface area contributed by atoms with Gasteiger partial charge in [0, 0.05) is 34.9 Å². The first kappa shape index (κ1) is 21.9. The van der Waals surface area contributed by atoms with Crippen LogP contribution in [0.3, 0.4) is 0 Å². The van der Waals surface area contributed by atoms with Crippen molar-refractivity contribution in [2.45, 2.75) is 25.3 Å². The van der Waals surface area contributed by atoms with Crippen molar-refractivity contribution in [3.8, 4) is 0 Å². The third-order valence-corrected chi connectivity index (χ3v) is 5.12. The highest BCUT2D eigenvalue weighted by Gasteiger charge is 2.43. The van der Waals surface area contributed by atoms with Gasteiger partial charge in [-0.25, -0.2) is 9.40 Å². The summed E-state index contributed by atoms with van der Waals surface area (Å²) in [7, 11) is 0. The zero-order chi connectivity index (χ0) is 21.8. The van der Waals surface area contributed by atoms with Crippen molar-refractivity contribution < 1.29 is 23.6 Å². The van der Waals surface area contributed by atoms with Gasteiger partial charge >= 0.3 is 0 Å². The first-order chi connectivity index (χ1) is 14.3. The topological polar surface area (TPSA) is 74.8 Å². The number of amides is 3. The van der Waals surface area contributed by atoms with Gasteiger partial charge < -0.3 is 0 Å². The largest absolute Gasteiger partial charge is 0.292 e. The minimum Gasteiger partial charge on any atom is -0.292 e. The van der Waals surface area contributed by atoms with Crippen LogP contribution in [0.25, 0.3) is 0 Å². The summed E-state index contributed by atoms with van der Waals surface area (Å²) in [6, 6.07) is 9.38. The molecule has 0 aliphatic carbocycles. The fourth-order valence-corrected chi connectivity index (χ4v) is 3.51. The highest BCUT2D eigenvalue weighted by Crippen LogP contribution is 2.25. The molecule has 0 saturated carbocycles. The number of nitrogens with zero attached hydrogens (tertiary/aromatic N) is 2. The van der Waals surface area contributed by atoms with Crippen molar-refractivity contribution in [1.29, 1.82) is 0 Å². The molecule has 0 bridgehead atoms. The lowest BCUT2D eigenvalue weighted by Crippen LogP contribution is -2.57. The molecule has 6 nitrogen and oxygen atoms in total. The molecular weight excluding hydrogens is 434 g/mol. The Morgan fingerprint density at radius 3 is 2.03 bits per heavy atom. The predicted octanol–water partition coefficient (Wildman–Crippen LogP) is 3.87. The van der Waals surface area contributed by atoms with E-state index in [1.54, 1.807) is 0 Å². The molecule has 30 heavy (non-hydrogen) atoms. The molecule has 1 atom stereocenters. The summed E-state index contributed by atoms with van der Waals surface area (Å²) >= 11 is 11.8. The van der Waals surface area contributed by atoms with E-state index in [-0.39, 0.29) is 36.3 Å². The van der Waals surface area contributed by atoms with Crippen molar-refractivity contribution in [2.75, 3.05) is 5.88 Å². The molecule has 0 unspecified atom stereocenters. The van der Waals surface area contributed by atoms with Crippen LogP contribution in [-0.4, -0.2) is 45.4 Å². The molecule has 1 saturated heterocycles. The molecule has 3 amide bonds. The van der Waals surface area contributed by atoms with E-state index in [9.17, 15) is 23.6 Å². The summed E-state index contributed by atoms with van der Waals surface area (Å²) in [5, 5.41) is 1.98. The molecule has 1 aliphatic heterocycles. The number of benzene rings is 2. The summed E-state index contributed by atoms with van der Waals surface area (Å²) in [6.45, 7) is 0. The zero-order valence-electron chi connectivity index (χ0n) is 15.7. The van der Waals surface area contributed by atoms with E-state index in [0.717, 1.165) is 22.2 Å². The molecule has 156 valence electrons. The molecule has 1 fully saturated rings. The first-order valence-corrected chi connectivity index (χ1v) is 10.0. The number of Topliss-reactive ketones (excluding diaryl/α,β-unsaturated/α-hetero) is 1. The third kappa shape index (κ3) is 4.52. The number of hydrazine groups is 1. The molecule has 9 heteroatoms. The van der Waals surface area contributed by atoms with Crippen molar-refractivity contribution in [3.63, 3.8) is 0 Å². The van der Waals surface area contributed by atoms with E-state index < -0.39 is 35.4 Å². The van der Waals surface area contributed by atoms with Crippen molar-refractivity contribution in [3.05, 3.63) is 70.5 Å². The second kappa shape index (κ2) is 9.36. The minimum absolute atomic E-state index is 0.0157. The quantitative estimate of drug-likeness (QED) is 0.364. The Hall–Kier alpha value is -2.77. The molecule has 0 aromatic heterocycles. The van der Waals surface area contributed by atoms with Crippen LogP contribution in [0.4, 0.5) is 4.39 Å². The van der Waals surface area contributed by atoms with Gasteiger partial charge in [0.2, 0.25) is 11.8 Å². The average Bonchev–Trinajstić information content (AvgIpc) is 3.06. The normalized spacial score (nSPS) is 14.7. The summed E-state index contributed by atoms with van der Waals surface area (Å²) in [4.78, 5) is 51.4. The van der Waals surface area contributed by atoms with Crippen LogP contribution in [0.15, 0.2) is 48.5 Å². The van der Waals surface area contributed by atoms with Gasteiger partial charge in [-0.3, -0.25) is 19.2 Å². The van der Waals surface area contributed by atoms with Gasteiger partial charge in [0.25, 0.3) is 5.91 Å². The summed E-state index contributed by atoms with van der Waals surface area (Å²) < 4.78 is 13.3. The van der Waals surface area contributed by atoms with Gasteiger partial charge in [-0.15, -0.1) is 11.6 Å². The monoisotopic (exact) mass is 450 g/mol. The third-order valence-electron chi connectivity index (χ3n) is 4.65. The molecule has 2 aromatic carbocycles. The Bertz CT molecular complexity index is 964. The van der Waals surface area contributed by atoms with Crippen LogP contribution < -0.4 is 0 Å². The summed E-state index contributed by atoms with van der Waals surface area (Å²) in [5.41, 5.74) is 0.262. The molecule has 1 aliphatic rings. The van der Waals surface area contributed by atoms with E-state index >= 15 is 0 Å². The van der Waals surface area contributed by atoms with Gasteiger partial charge in [-0.1, -0.05) is 11.6 Å². The number of imide groups is 1. The van der Waals surface area contributed by atoms with Crippen LogP contribution in [-0.2, 0) is 9.59 Å². The van der Waals surface area contributed by atoms with Gasteiger partial charge in [0.15, 0.2) is 5.78 Å². The number of hydrogen-bond acceptors (Lipinski definition) is 4. The predicted molar refractivity (Wildman–Crippen MR) is 109 cm³/mol. The Morgan fingerprint density at radius 2 is 1.50 bits per heavy atom. The Morgan fingerprint density at radius 1 is 0.967 bits per heavy atom. The van der Waals surface area contributed by atoms with Crippen molar-refractivity contribution >= 4 is 46.7 Å². The number of halogens is 3. The highest BCUT2D eigenvalue weighted by atomic mass is 35.5. The van der Waals surface area contributed by atoms with Crippen LogP contribution in [0.1, 0.15) is 40.0 Å². The maximum atomic E-state index is 13.3. The molecule has 1 heterocycles. The summed E-state index contributed by atoms with van der Waals surface area (Å²) in [5.74, 6) is -3.01. The maximum Gasteiger partial charge on any atom is 0.273 e. The highest BCUT2D eigenvalue weighted by molar-refractivity contribution is 6.30. The number of carbonyl (C=O) groups is 4. The van der Waals surface area contributed by atoms with Crippen molar-refractivity contribution in [1.82, 2.24) is 10.0 Å². The number of hydrogen-bond donors (Lipinski definition) is 0. The first-order valence-electron chi connectivity index (χ1n) is 9.14. The molecular formula is C21H17Cl2FN2O4. The Kier molecular flexibility index (Phi) is 6.84. The van der Waals surface area contributed by atoms with E-state index in [1.807, 2.05) is 0 Å². The van der Waals surface area contributed by atoms with Gasteiger partial charge in [0.1, 0.15) is 11.9 Å². The Labute approximate surface area is 182 Å². The number of alkyl halides is 1. The number of rotatable bonds is 7. The van der Waals surface area contributed by atoms with E-state index in [0.29, 0.717) is 5.02 Å². The van der Waals surface area contributed by atoms with Gasteiger partial charge in [-0.2, -0.15) is 5.01 Å². The van der Waals surface area contributed by atoms with E-state index in [4.69, 9.17) is 23.2 Å². The number of ketones is 1. The van der Waals surface area contributed by atoms with Crippen LogP contribution in [0, 0.1) is 5.82 Å². The van der Waals surface area contributed by atoms with E-state index in [2.05, 4.69) is 0 Å². The summed E-state index contributed by atoms with van der Waals surface area (Å²) in [6.07, 6.45) is -0.155. The molecule has 0 radical (unpaired) electrons. The van der Waals surface area contributed by atoms with Crippen LogP contribution >= 0.6 is 23.2 Å². The Balaban J connectivity index is 2.07. The molecule has 0 spiro atoms. The lowest BCUT2D eigenvalue weighted by atomic mass is 10.0. The standard InChI is InChI=1S/C21H17Cl2FN2O4/c22-12-11-17(20(29)13-3-7-16(24)8-4-13)25(26-18(27)9-10-19(26)28)21(30)14-1-5-15(23)6-2-14/h1-8,17H,9-12H2/t17-/m1/s1. The van der Waals surface area contributed by atoms with Gasteiger partial charge in [0.05, 0.1) is 0 Å².